The molecule has 0 atom stereocenters. The van der Waals surface area contributed by atoms with Crippen molar-refractivity contribution in [1.82, 2.24) is 0 Å². The van der Waals surface area contributed by atoms with E-state index < -0.39 is 0 Å². The Hall–Kier alpha value is 0.553. The zero-order chi connectivity index (χ0) is 3.41. The minimum atomic E-state index is 0. The van der Waals surface area contributed by atoms with Crippen LogP contribution in [0, 0.1) is 0 Å². The van der Waals surface area contributed by atoms with Crippen molar-refractivity contribution in [2.24, 2.45) is 0 Å². The SMILES string of the molecule is C=C[C-]=O.[Cu].[Zn]. The van der Waals surface area contributed by atoms with Gasteiger partial charge < -0.3 is 4.79 Å². The quantitative estimate of drug-likeness (QED) is 0.325. The summed E-state index contributed by atoms with van der Waals surface area (Å²) in [5.41, 5.74) is 0. The van der Waals surface area contributed by atoms with E-state index in [9.17, 15) is 0 Å². The van der Waals surface area contributed by atoms with Crippen molar-refractivity contribution < 1.29 is 41.3 Å². The molecule has 0 spiro atoms. The second-order valence-electron chi connectivity index (χ2n) is 0.322. The first kappa shape index (κ1) is 16.0. The topological polar surface area (TPSA) is 17.1 Å². The summed E-state index contributed by atoms with van der Waals surface area (Å²) < 4.78 is 0. The molecule has 0 N–H and O–H groups in total. The first-order chi connectivity index (χ1) is 1.91. The molecule has 0 rings (SSSR count). The summed E-state index contributed by atoms with van der Waals surface area (Å²) in [7, 11) is 0. The van der Waals surface area contributed by atoms with Crippen LogP contribution in [-0.2, 0) is 41.3 Å². The van der Waals surface area contributed by atoms with E-state index in [4.69, 9.17) is 4.79 Å². The molecule has 0 amide bonds. The van der Waals surface area contributed by atoms with Gasteiger partial charge in [0, 0.05) is 36.5 Å². The molecule has 0 aliphatic carbocycles. The number of allylic oxidation sites excluding steroid dienone is 1. The molecular formula is C3H3CuOZn-. The maximum absolute atomic E-state index is 8.93. The Morgan fingerprint density at radius 3 is 1.83 bits per heavy atom. The Morgan fingerprint density at radius 1 is 1.67 bits per heavy atom. The molecule has 0 saturated carbocycles. The average Bonchev–Trinajstić information content (AvgIpc) is 1.37. The molecule has 1 nitrogen and oxygen atoms in total. The van der Waals surface area contributed by atoms with Crippen molar-refractivity contribution in [1.29, 1.82) is 0 Å². The van der Waals surface area contributed by atoms with Crippen LogP contribution in [0.4, 0.5) is 0 Å². The fourth-order valence-electron chi connectivity index (χ4n) is 0. The van der Waals surface area contributed by atoms with Crippen molar-refractivity contribution in [2.45, 2.75) is 0 Å². The third-order valence-electron chi connectivity index (χ3n) is 0.0833. The molecule has 0 bridgehead atoms. The van der Waals surface area contributed by atoms with Crippen molar-refractivity contribution in [3.8, 4) is 0 Å². The summed E-state index contributed by atoms with van der Waals surface area (Å²) >= 11 is 0. The Kier molecular flexibility index (Phi) is 47.1. The van der Waals surface area contributed by atoms with Gasteiger partial charge >= 0.3 is 0 Å². The molecule has 0 aromatic rings. The monoisotopic (exact) mass is 182 g/mol. The van der Waals surface area contributed by atoms with Gasteiger partial charge in [0.15, 0.2) is 0 Å². The second kappa shape index (κ2) is 17.7. The van der Waals surface area contributed by atoms with E-state index in [2.05, 4.69) is 6.58 Å². The van der Waals surface area contributed by atoms with Crippen LogP contribution in [0.1, 0.15) is 0 Å². The third kappa shape index (κ3) is 23.8. The van der Waals surface area contributed by atoms with Crippen LogP contribution >= 0.6 is 0 Å². The van der Waals surface area contributed by atoms with E-state index in [-0.39, 0.29) is 36.5 Å². The van der Waals surface area contributed by atoms with E-state index in [1.807, 2.05) is 0 Å². The average molecular weight is 184 g/mol. The Balaban J connectivity index is -0.0000000450. The van der Waals surface area contributed by atoms with Crippen molar-refractivity contribution in [3.63, 3.8) is 0 Å². The first-order valence-corrected chi connectivity index (χ1v) is 0.901. The molecule has 3 heteroatoms. The Bertz CT molecular complexity index is 31.8. The molecule has 1 radical (unpaired) electrons. The molecule has 0 unspecified atom stereocenters. The van der Waals surface area contributed by atoms with Crippen LogP contribution in [0.25, 0.3) is 0 Å². The van der Waals surface area contributed by atoms with E-state index >= 15 is 0 Å². The maximum atomic E-state index is 8.93. The van der Waals surface area contributed by atoms with Gasteiger partial charge in [0.25, 0.3) is 0 Å². The standard InChI is InChI=1S/C3H3O.Cu.Zn/c1-2-3-4;;/h2H,1H2;;/q-1;;. The van der Waals surface area contributed by atoms with E-state index in [1.54, 1.807) is 0 Å². The zero-order valence-corrected chi connectivity index (χ0v) is 7.11. The van der Waals surface area contributed by atoms with Gasteiger partial charge in [-0.3, -0.25) is 0 Å². The summed E-state index contributed by atoms with van der Waals surface area (Å²) in [5.74, 6) is 0. The van der Waals surface area contributed by atoms with Crippen molar-refractivity contribution >= 4 is 6.29 Å². The summed E-state index contributed by atoms with van der Waals surface area (Å²) in [6.07, 6.45) is 2.51. The van der Waals surface area contributed by atoms with Crippen LogP contribution in [0.2, 0.25) is 0 Å². The smallest absolute Gasteiger partial charge is 0 e. The molecule has 0 aliphatic heterocycles. The number of hydrogen-bond donors (Lipinski definition) is 0. The summed E-state index contributed by atoms with van der Waals surface area (Å²) in [6, 6.07) is 0. The van der Waals surface area contributed by atoms with Crippen LogP contribution < -0.4 is 0 Å². The number of carbonyl (C=O) groups excluding carboxylic acids is 1. The number of rotatable bonds is 1. The van der Waals surface area contributed by atoms with Crippen LogP contribution in [0.3, 0.4) is 0 Å². The third-order valence-corrected chi connectivity index (χ3v) is 0.0833. The summed E-state index contributed by atoms with van der Waals surface area (Å²) in [5, 5.41) is 0. The second-order valence-corrected chi connectivity index (χ2v) is 0.322. The van der Waals surface area contributed by atoms with Crippen LogP contribution in [0.15, 0.2) is 12.7 Å². The summed E-state index contributed by atoms with van der Waals surface area (Å²) in [6.45, 7) is 3.06. The minimum Gasteiger partial charge on any atom is -0.419 e. The normalized spacial score (nSPS) is 3.33. The maximum Gasteiger partial charge on any atom is 0 e. The first-order valence-electron chi connectivity index (χ1n) is 0.901. The van der Waals surface area contributed by atoms with Gasteiger partial charge in [-0.25, -0.2) is 12.7 Å². The largest absolute Gasteiger partial charge is 0.419 e. The number of hydrogen-bond acceptors (Lipinski definition) is 1. The van der Waals surface area contributed by atoms with Crippen molar-refractivity contribution in [2.75, 3.05) is 0 Å². The fourth-order valence-corrected chi connectivity index (χ4v) is 0. The van der Waals surface area contributed by atoms with Gasteiger partial charge in [-0.2, -0.15) is 0 Å². The molecule has 0 fully saturated rings. The fraction of sp³-hybridized carbons (Fsp3) is 0. The molecule has 0 saturated heterocycles. The van der Waals surface area contributed by atoms with Crippen LogP contribution in [0.5, 0.6) is 0 Å². The predicted octanol–water partition coefficient (Wildman–Crippen LogP) is 0.277. The molecule has 0 aromatic heterocycles. The van der Waals surface area contributed by atoms with Crippen LogP contribution in [-0.4, -0.2) is 6.29 Å². The predicted molar refractivity (Wildman–Crippen MR) is 15.9 cm³/mol. The van der Waals surface area contributed by atoms with E-state index in [1.165, 1.54) is 6.29 Å². The van der Waals surface area contributed by atoms with Gasteiger partial charge in [-0.1, -0.05) is 0 Å². The van der Waals surface area contributed by atoms with Gasteiger partial charge in [-0.05, 0) is 6.29 Å². The molecule has 35 valence electrons. The Morgan fingerprint density at radius 2 is 1.83 bits per heavy atom. The van der Waals surface area contributed by atoms with Gasteiger partial charge in [0.1, 0.15) is 0 Å². The molecule has 0 aromatic carbocycles. The molecule has 0 aliphatic rings. The minimum absolute atomic E-state index is 0. The van der Waals surface area contributed by atoms with E-state index in [0.717, 1.165) is 6.08 Å². The molecule has 0 heterocycles. The molecule has 6 heavy (non-hydrogen) atoms. The Labute approximate surface area is 60.4 Å². The van der Waals surface area contributed by atoms with Gasteiger partial charge in [0.2, 0.25) is 0 Å². The molecular weight excluding hydrogens is 181 g/mol. The van der Waals surface area contributed by atoms with Gasteiger partial charge in [-0.15, -0.1) is 0 Å². The van der Waals surface area contributed by atoms with E-state index in [0.29, 0.717) is 0 Å². The summed E-state index contributed by atoms with van der Waals surface area (Å²) in [4.78, 5) is 8.93. The van der Waals surface area contributed by atoms with Gasteiger partial charge in [0.05, 0.1) is 0 Å². The zero-order valence-electron chi connectivity index (χ0n) is 3.20. The van der Waals surface area contributed by atoms with Crippen molar-refractivity contribution in [3.05, 3.63) is 12.7 Å².